The molecule has 0 aromatic rings. The van der Waals surface area contributed by atoms with Crippen molar-refractivity contribution in [2.45, 2.75) is 0 Å². The van der Waals surface area contributed by atoms with E-state index in [2.05, 4.69) is 5.29 Å². The Morgan fingerprint density at radius 1 is 1.14 bits per heavy atom. The monoisotopic (exact) mass is 286 g/mol. The van der Waals surface area contributed by atoms with Crippen LogP contribution in [0, 0.1) is 23.0 Å². The first-order valence-corrected chi connectivity index (χ1v) is 5.92. The Kier molecular flexibility index (Phi) is 5.13. The summed E-state index contributed by atoms with van der Waals surface area (Å²) >= 11 is -1.93. The molecule has 0 heterocycles. The zero-order chi connectivity index (χ0) is 5.54. The molecule has 0 radical (unpaired) electrons. The van der Waals surface area contributed by atoms with Crippen LogP contribution < -0.4 is 0 Å². The number of nitriles is 2. The van der Waals surface area contributed by atoms with Crippen molar-refractivity contribution < 1.29 is 30.8 Å². The van der Waals surface area contributed by atoms with Crippen molar-refractivity contribution in [1.29, 1.82) is 10.5 Å². The minimum absolute atomic E-state index is 1.43. The fourth-order valence-electron chi connectivity index (χ4n) is 0.0822. The van der Waals surface area contributed by atoms with Gasteiger partial charge < -0.3 is 0 Å². The normalized spacial score (nSPS) is 4.29. The zero-order valence-corrected chi connectivity index (χ0v) is 8.92. The van der Waals surface area contributed by atoms with Crippen LogP contribution in [0.3, 0.4) is 0 Å². The van der Waals surface area contributed by atoms with Crippen molar-refractivity contribution in [2.75, 3.05) is 0 Å². The van der Waals surface area contributed by atoms with E-state index >= 15 is 0 Å². The average Bonchev–Trinajstić information content (AvgIpc) is 1.69. The quantitative estimate of drug-likeness (QED) is 0.403. The molecular weight excluding hydrogens is 285 g/mol. The molecular formula is C2HgN2O2. The maximum absolute atomic E-state index is 7.69. The first kappa shape index (κ1) is 6.52. The van der Waals surface area contributed by atoms with E-state index in [4.69, 9.17) is 10.5 Å². The van der Waals surface area contributed by atoms with Crippen LogP contribution in [0.25, 0.3) is 0 Å². The van der Waals surface area contributed by atoms with E-state index in [9.17, 15) is 0 Å². The third-order valence-electron chi connectivity index (χ3n) is 0.247. The fraction of sp³-hybridized carbons (Fsp3) is 0. The fourth-order valence-corrected chi connectivity index (χ4v) is 0.721. The predicted octanol–water partition coefficient (Wildman–Crippen LogP) is -0.106. The molecule has 0 aliphatic rings. The van der Waals surface area contributed by atoms with E-state index < -0.39 is 25.5 Å². The van der Waals surface area contributed by atoms with Crippen LogP contribution in [0.5, 0.6) is 0 Å². The van der Waals surface area contributed by atoms with Crippen molar-refractivity contribution in [2.24, 2.45) is 0 Å². The Bertz CT molecular complexity index is 97.8. The summed E-state index contributed by atoms with van der Waals surface area (Å²) in [7, 11) is 0. The molecule has 0 aromatic carbocycles. The third-order valence-corrected chi connectivity index (χ3v) is 2.17. The third kappa shape index (κ3) is 5.52. The summed E-state index contributed by atoms with van der Waals surface area (Å²) in [5, 5.41) is 15.4. The zero-order valence-electron chi connectivity index (χ0n) is 3.42. The molecule has 32 valence electrons. The summed E-state index contributed by atoms with van der Waals surface area (Å²) in [5.41, 5.74) is 0. The molecule has 0 aliphatic heterocycles. The van der Waals surface area contributed by atoms with E-state index in [0.29, 0.717) is 0 Å². The molecule has 0 fully saturated rings. The van der Waals surface area contributed by atoms with Gasteiger partial charge >= 0.3 is 53.8 Å². The molecule has 7 heavy (non-hydrogen) atoms. The molecule has 0 saturated heterocycles. The number of hydrogen-bond donors (Lipinski definition) is 0. The van der Waals surface area contributed by atoms with Crippen LogP contribution >= 0.6 is 0 Å². The van der Waals surface area contributed by atoms with E-state index in [-0.39, 0.29) is 0 Å². The van der Waals surface area contributed by atoms with Gasteiger partial charge in [0, 0.05) is 0 Å². The molecule has 0 unspecified atom stereocenters. The molecule has 4 nitrogen and oxygen atoms in total. The Morgan fingerprint density at radius 3 is 1.86 bits per heavy atom. The molecule has 0 aromatic heterocycles. The Balaban J connectivity index is 2.77. The average molecular weight is 285 g/mol. The molecule has 0 N–H and O–H groups in total. The van der Waals surface area contributed by atoms with Crippen molar-refractivity contribution >= 4 is 0 Å². The standard InChI is InChI=1S/2CHNO.Hg/c2*2-1-3;/h2*3H;/q;;+2/p-2. The molecule has 0 saturated carbocycles. The molecule has 0 spiro atoms. The van der Waals surface area contributed by atoms with E-state index in [1.54, 1.807) is 0 Å². The van der Waals surface area contributed by atoms with Gasteiger partial charge in [-0.2, -0.15) is 0 Å². The summed E-state index contributed by atoms with van der Waals surface area (Å²) in [6.07, 6.45) is 2.85. The van der Waals surface area contributed by atoms with Crippen LogP contribution in [-0.4, -0.2) is 0 Å². The number of nitrogens with zero attached hydrogens (tertiary/aromatic N) is 2. The molecule has 5 heteroatoms. The minimum atomic E-state index is -1.93. The van der Waals surface area contributed by atoms with Crippen LogP contribution in [-0.2, 0) is 30.8 Å². The van der Waals surface area contributed by atoms with Gasteiger partial charge in [-0.25, -0.2) is 0 Å². The summed E-state index contributed by atoms with van der Waals surface area (Å²) in [6, 6.07) is 0. The number of hydrogen-bond acceptors (Lipinski definition) is 4. The second-order valence-electron chi connectivity index (χ2n) is 0.589. The van der Waals surface area contributed by atoms with Crippen molar-refractivity contribution in [3.63, 3.8) is 0 Å². The van der Waals surface area contributed by atoms with Crippen LogP contribution in [0.1, 0.15) is 0 Å². The Hall–Kier alpha value is -0.485. The van der Waals surface area contributed by atoms with Gasteiger partial charge in [0.2, 0.25) is 0 Å². The van der Waals surface area contributed by atoms with Gasteiger partial charge in [0.15, 0.2) is 0 Å². The number of rotatable bonds is 2. The summed E-state index contributed by atoms with van der Waals surface area (Å²) < 4.78 is 8.31. The van der Waals surface area contributed by atoms with Crippen molar-refractivity contribution in [3.8, 4) is 12.5 Å². The second-order valence-corrected chi connectivity index (χ2v) is 3.75. The summed E-state index contributed by atoms with van der Waals surface area (Å²) in [4.78, 5) is 0. The van der Waals surface area contributed by atoms with Gasteiger partial charge in [0.1, 0.15) is 0 Å². The molecule has 0 atom stereocenters. The summed E-state index contributed by atoms with van der Waals surface area (Å²) in [6.45, 7) is 0. The van der Waals surface area contributed by atoms with Crippen molar-refractivity contribution in [1.82, 2.24) is 0 Å². The van der Waals surface area contributed by atoms with Crippen LogP contribution in [0.2, 0.25) is 0 Å². The summed E-state index contributed by atoms with van der Waals surface area (Å²) in [5.74, 6) is 0. The SMILES string of the molecule is N#C[O][Hg][O]C#N. The molecule has 0 amide bonds. The maximum atomic E-state index is 7.69. The van der Waals surface area contributed by atoms with Gasteiger partial charge in [0.25, 0.3) is 0 Å². The Labute approximate surface area is 54.0 Å². The second kappa shape index (κ2) is 5.52. The first-order valence-electron chi connectivity index (χ1n) is 1.43. The van der Waals surface area contributed by atoms with Gasteiger partial charge in [-0.1, -0.05) is 0 Å². The van der Waals surface area contributed by atoms with E-state index in [1.165, 1.54) is 12.5 Å². The molecule has 0 aliphatic carbocycles. The van der Waals surface area contributed by atoms with E-state index in [0.717, 1.165) is 0 Å². The first-order chi connectivity index (χ1) is 3.41. The Morgan fingerprint density at radius 2 is 1.57 bits per heavy atom. The van der Waals surface area contributed by atoms with Gasteiger partial charge in [-0.3, -0.25) is 0 Å². The van der Waals surface area contributed by atoms with Gasteiger partial charge in [0.05, 0.1) is 0 Å². The molecule has 0 rings (SSSR count). The van der Waals surface area contributed by atoms with Gasteiger partial charge in [-0.05, 0) is 0 Å². The van der Waals surface area contributed by atoms with Crippen LogP contribution in [0.4, 0.5) is 0 Å². The molecule has 0 bridgehead atoms. The van der Waals surface area contributed by atoms with Gasteiger partial charge in [-0.15, -0.1) is 0 Å². The van der Waals surface area contributed by atoms with Crippen LogP contribution in [0.15, 0.2) is 0 Å². The predicted molar refractivity (Wildman–Crippen MR) is 13.4 cm³/mol. The topological polar surface area (TPSA) is 66.0 Å². The van der Waals surface area contributed by atoms with Crippen molar-refractivity contribution in [3.05, 3.63) is 0 Å². The van der Waals surface area contributed by atoms with E-state index in [1.807, 2.05) is 0 Å².